The topological polar surface area (TPSA) is 63.3 Å². The Morgan fingerprint density at radius 3 is 2.81 bits per heavy atom. The average Bonchev–Trinajstić information content (AvgIpc) is 3.07. The molecule has 2 heterocycles. The summed E-state index contributed by atoms with van der Waals surface area (Å²) in [4.78, 5) is 16.7. The number of hydrogen-bond donors (Lipinski definition) is 1. The van der Waals surface area contributed by atoms with Crippen LogP contribution in [0, 0.1) is 0 Å². The number of carbonyl (C=O) groups excluding carboxylic acids is 1. The predicted octanol–water partition coefficient (Wildman–Crippen LogP) is 1.78. The lowest BCUT2D eigenvalue weighted by Crippen LogP contribution is -2.38. The first-order valence-electron chi connectivity index (χ1n) is 8.73. The van der Waals surface area contributed by atoms with Crippen molar-refractivity contribution in [2.75, 3.05) is 54.7 Å². The third kappa shape index (κ3) is 3.63. The second-order valence-corrected chi connectivity index (χ2v) is 7.70. The highest BCUT2D eigenvalue weighted by Gasteiger charge is 2.37. The largest absolute Gasteiger partial charge is 0.492 e. The standard InChI is InChI=1S/C18H26BrN3O4/c1-21(2)8-6-20-13(23)9-12-14-11(5-7-22(12)3)15(19)17-18(16(14)24-4)26-10-25-17/h12H,5-10H2,1-4H3,(H,20,23). The first kappa shape index (κ1) is 19.3. The summed E-state index contributed by atoms with van der Waals surface area (Å²) in [5.74, 6) is 2.02. The minimum Gasteiger partial charge on any atom is -0.492 e. The molecule has 0 aromatic heterocycles. The van der Waals surface area contributed by atoms with Gasteiger partial charge in [0.15, 0.2) is 11.5 Å². The summed E-state index contributed by atoms with van der Waals surface area (Å²) in [6, 6.07) is -0.0705. The predicted molar refractivity (Wildman–Crippen MR) is 102 cm³/mol. The Morgan fingerprint density at radius 1 is 1.38 bits per heavy atom. The van der Waals surface area contributed by atoms with E-state index in [9.17, 15) is 4.79 Å². The van der Waals surface area contributed by atoms with Crippen molar-refractivity contribution >= 4 is 21.8 Å². The molecule has 3 rings (SSSR count). The van der Waals surface area contributed by atoms with Crippen LogP contribution in [-0.2, 0) is 11.2 Å². The highest BCUT2D eigenvalue weighted by Crippen LogP contribution is 2.54. The van der Waals surface area contributed by atoms with Crippen molar-refractivity contribution in [3.8, 4) is 17.2 Å². The fraction of sp³-hybridized carbons (Fsp3) is 0.611. The van der Waals surface area contributed by atoms with Crippen LogP contribution in [0.15, 0.2) is 4.47 Å². The molecule has 0 saturated heterocycles. The van der Waals surface area contributed by atoms with Gasteiger partial charge in [0, 0.05) is 37.7 Å². The van der Waals surface area contributed by atoms with Crippen molar-refractivity contribution in [1.82, 2.24) is 15.1 Å². The monoisotopic (exact) mass is 427 g/mol. The summed E-state index contributed by atoms with van der Waals surface area (Å²) in [7, 11) is 7.65. The highest BCUT2D eigenvalue weighted by atomic mass is 79.9. The van der Waals surface area contributed by atoms with Gasteiger partial charge in [-0.1, -0.05) is 0 Å². The van der Waals surface area contributed by atoms with Gasteiger partial charge in [0.25, 0.3) is 0 Å². The van der Waals surface area contributed by atoms with E-state index in [0.717, 1.165) is 35.1 Å². The number of fused-ring (bicyclic) bond motifs is 2. The number of halogens is 1. The second kappa shape index (κ2) is 8.02. The third-order valence-corrected chi connectivity index (χ3v) is 5.74. The van der Waals surface area contributed by atoms with E-state index in [1.165, 1.54) is 0 Å². The van der Waals surface area contributed by atoms with Crippen molar-refractivity contribution in [3.63, 3.8) is 0 Å². The van der Waals surface area contributed by atoms with E-state index in [-0.39, 0.29) is 18.7 Å². The van der Waals surface area contributed by atoms with Crippen LogP contribution in [0.4, 0.5) is 0 Å². The van der Waals surface area contributed by atoms with Gasteiger partial charge in [-0.15, -0.1) is 0 Å². The molecule has 0 radical (unpaired) electrons. The molecule has 0 aliphatic carbocycles. The first-order chi connectivity index (χ1) is 12.4. The number of hydrogen-bond acceptors (Lipinski definition) is 6. The summed E-state index contributed by atoms with van der Waals surface area (Å²) < 4.78 is 17.9. The van der Waals surface area contributed by atoms with E-state index < -0.39 is 0 Å². The molecule has 1 N–H and O–H groups in total. The lowest BCUT2D eigenvalue weighted by atomic mass is 9.89. The molecule has 0 bridgehead atoms. The minimum absolute atomic E-state index is 0.0346. The maximum atomic E-state index is 12.5. The molecule has 2 aliphatic rings. The Hall–Kier alpha value is -1.51. The molecule has 1 atom stereocenters. The summed E-state index contributed by atoms with van der Waals surface area (Å²) >= 11 is 3.67. The molecular weight excluding hydrogens is 402 g/mol. The molecule has 1 aromatic rings. The third-order valence-electron chi connectivity index (χ3n) is 4.90. The van der Waals surface area contributed by atoms with Gasteiger partial charge in [0.2, 0.25) is 18.4 Å². The molecule has 144 valence electrons. The Labute approximate surface area is 162 Å². The molecule has 26 heavy (non-hydrogen) atoms. The zero-order chi connectivity index (χ0) is 18.8. The van der Waals surface area contributed by atoms with Crippen molar-refractivity contribution in [1.29, 1.82) is 0 Å². The van der Waals surface area contributed by atoms with Gasteiger partial charge in [0.1, 0.15) is 0 Å². The minimum atomic E-state index is -0.0705. The Kier molecular flexibility index (Phi) is 5.94. The van der Waals surface area contributed by atoms with Gasteiger partial charge >= 0.3 is 0 Å². The zero-order valence-corrected chi connectivity index (χ0v) is 17.3. The second-order valence-electron chi connectivity index (χ2n) is 6.91. The van der Waals surface area contributed by atoms with Crippen LogP contribution in [0.1, 0.15) is 23.6 Å². The fourth-order valence-corrected chi connectivity index (χ4v) is 4.22. The molecule has 1 aromatic carbocycles. The van der Waals surface area contributed by atoms with E-state index in [4.69, 9.17) is 14.2 Å². The van der Waals surface area contributed by atoms with Gasteiger partial charge in [-0.2, -0.15) is 0 Å². The fourth-order valence-electron chi connectivity index (χ4n) is 3.51. The quantitative estimate of drug-likeness (QED) is 0.746. The van der Waals surface area contributed by atoms with E-state index in [1.807, 2.05) is 26.0 Å². The van der Waals surface area contributed by atoms with E-state index in [0.29, 0.717) is 30.2 Å². The van der Waals surface area contributed by atoms with E-state index >= 15 is 0 Å². The van der Waals surface area contributed by atoms with Gasteiger partial charge in [-0.25, -0.2) is 0 Å². The normalized spacial score (nSPS) is 18.8. The molecule has 0 spiro atoms. The number of likely N-dealkylation sites (N-methyl/N-ethyl adjacent to an activating group) is 2. The summed E-state index contributed by atoms with van der Waals surface area (Å²) in [5, 5.41) is 3.00. The van der Waals surface area contributed by atoms with Crippen LogP contribution < -0.4 is 19.5 Å². The summed E-state index contributed by atoms with van der Waals surface area (Å²) in [6.07, 6.45) is 1.23. The maximum Gasteiger partial charge on any atom is 0.231 e. The highest BCUT2D eigenvalue weighted by molar-refractivity contribution is 9.10. The number of rotatable bonds is 6. The van der Waals surface area contributed by atoms with Gasteiger partial charge < -0.3 is 24.4 Å². The number of amides is 1. The van der Waals surface area contributed by atoms with Crippen LogP contribution in [0.5, 0.6) is 17.2 Å². The molecule has 0 fully saturated rings. The van der Waals surface area contributed by atoms with Crippen molar-refractivity contribution in [2.45, 2.75) is 18.9 Å². The number of ether oxygens (including phenoxy) is 3. The SMILES string of the molecule is COc1c2c(c(Br)c3c1C(CC(=O)NCCN(C)C)N(C)CC3)OCO2. The van der Waals surface area contributed by atoms with Gasteiger partial charge in [-0.3, -0.25) is 9.69 Å². The van der Waals surface area contributed by atoms with Crippen LogP contribution in [-0.4, -0.2) is 70.4 Å². The summed E-state index contributed by atoms with van der Waals surface area (Å²) in [6.45, 7) is 2.50. The van der Waals surface area contributed by atoms with Crippen molar-refractivity contribution in [2.24, 2.45) is 0 Å². The average molecular weight is 428 g/mol. The van der Waals surface area contributed by atoms with Crippen LogP contribution in [0.25, 0.3) is 0 Å². The van der Waals surface area contributed by atoms with Gasteiger partial charge in [0.05, 0.1) is 11.6 Å². The molecule has 0 saturated carbocycles. The smallest absolute Gasteiger partial charge is 0.231 e. The lowest BCUT2D eigenvalue weighted by molar-refractivity contribution is -0.122. The number of nitrogens with one attached hydrogen (secondary N) is 1. The Morgan fingerprint density at radius 2 is 2.12 bits per heavy atom. The van der Waals surface area contributed by atoms with Crippen molar-refractivity contribution < 1.29 is 19.0 Å². The Balaban J connectivity index is 1.89. The van der Waals surface area contributed by atoms with Gasteiger partial charge in [-0.05, 0) is 49.1 Å². The van der Waals surface area contributed by atoms with Crippen LogP contribution >= 0.6 is 15.9 Å². The molecular formula is C18H26BrN3O4. The molecule has 7 nitrogen and oxygen atoms in total. The Bertz CT molecular complexity index is 696. The number of carbonyl (C=O) groups is 1. The zero-order valence-electron chi connectivity index (χ0n) is 15.7. The molecule has 1 unspecified atom stereocenters. The van der Waals surface area contributed by atoms with E-state index in [1.54, 1.807) is 7.11 Å². The number of nitrogens with zero attached hydrogens (tertiary/aromatic N) is 2. The number of benzene rings is 1. The molecule has 1 amide bonds. The molecule has 2 aliphatic heterocycles. The molecule has 8 heteroatoms. The lowest BCUT2D eigenvalue weighted by Gasteiger charge is -2.36. The van der Waals surface area contributed by atoms with E-state index in [2.05, 4.69) is 26.1 Å². The van der Waals surface area contributed by atoms with Crippen LogP contribution in [0.3, 0.4) is 0 Å². The first-order valence-corrected chi connectivity index (χ1v) is 9.52. The van der Waals surface area contributed by atoms with Crippen molar-refractivity contribution in [3.05, 3.63) is 15.6 Å². The van der Waals surface area contributed by atoms with Crippen LogP contribution in [0.2, 0.25) is 0 Å². The maximum absolute atomic E-state index is 12.5. The summed E-state index contributed by atoms with van der Waals surface area (Å²) in [5.41, 5.74) is 2.15. The number of methoxy groups -OCH3 is 1.